The van der Waals surface area contributed by atoms with E-state index in [1.165, 1.54) is 16.1 Å². The van der Waals surface area contributed by atoms with E-state index in [4.69, 9.17) is 16.6 Å². The van der Waals surface area contributed by atoms with Crippen LogP contribution in [0.5, 0.6) is 0 Å². The van der Waals surface area contributed by atoms with Crippen molar-refractivity contribution in [3.8, 4) is 0 Å². The summed E-state index contributed by atoms with van der Waals surface area (Å²) in [5.74, 6) is 1.66. The van der Waals surface area contributed by atoms with Crippen molar-refractivity contribution in [3.63, 3.8) is 0 Å². The molecule has 0 fully saturated rings. The number of aryl methyl sites for hydroxylation is 5. The van der Waals surface area contributed by atoms with Crippen LogP contribution in [0.1, 0.15) is 22.1 Å². The van der Waals surface area contributed by atoms with E-state index in [1.54, 1.807) is 11.3 Å². The molecule has 3 rings (SSSR count). The zero-order valence-electron chi connectivity index (χ0n) is 12.3. The van der Waals surface area contributed by atoms with Crippen LogP contribution in [0.2, 0.25) is 0 Å². The number of thiazole rings is 1. The second-order valence-electron chi connectivity index (χ2n) is 5.24. The van der Waals surface area contributed by atoms with E-state index in [0.717, 1.165) is 36.4 Å². The van der Waals surface area contributed by atoms with Crippen molar-refractivity contribution in [1.82, 2.24) is 14.5 Å². The van der Waals surface area contributed by atoms with Gasteiger partial charge in [0.2, 0.25) is 0 Å². The number of fused-ring (bicyclic) bond motifs is 1. The molecule has 0 atom stereocenters. The molecule has 0 saturated carbocycles. The molecule has 0 amide bonds. The summed E-state index contributed by atoms with van der Waals surface area (Å²) in [5.41, 5.74) is 4.60. The summed E-state index contributed by atoms with van der Waals surface area (Å²) in [6.45, 7) is 5.05. The van der Waals surface area contributed by atoms with Gasteiger partial charge in [0.05, 0.1) is 16.0 Å². The van der Waals surface area contributed by atoms with E-state index < -0.39 is 0 Å². The number of hydrogen-bond donors (Lipinski definition) is 0. The Morgan fingerprint density at radius 3 is 2.76 bits per heavy atom. The predicted octanol–water partition coefficient (Wildman–Crippen LogP) is 4.13. The number of rotatable bonds is 5. The average Bonchev–Trinajstić information content (AvgIpc) is 3.01. The summed E-state index contributed by atoms with van der Waals surface area (Å²) in [6, 6.07) is 6.40. The minimum atomic E-state index is 0.596. The molecule has 0 aliphatic carbocycles. The first kappa shape index (κ1) is 14.5. The van der Waals surface area contributed by atoms with Gasteiger partial charge in [-0.25, -0.2) is 9.97 Å². The molecule has 110 valence electrons. The lowest BCUT2D eigenvalue weighted by Gasteiger charge is -2.07. The van der Waals surface area contributed by atoms with E-state index in [2.05, 4.69) is 40.1 Å². The molecule has 3 nitrogen and oxygen atoms in total. The van der Waals surface area contributed by atoms with Crippen LogP contribution in [0, 0.1) is 13.8 Å². The van der Waals surface area contributed by atoms with Crippen LogP contribution in [0.3, 0.4) is 0 Å². The largest absolute Gasteiger partial charge is 0.328 e. The SMILES string of the molecule is Cc1ccc2nc(CCCl)n(CCc3nc(C)cs3)c2c1. The fourth-order valence-corrected chi connectivity index (χ4v) is 3.47. The Kier molecular flexibility index (Phi) is 4.27. The molecule has 3 aromatic rings. The van der Waals surface area contributed by atoms with Crippen molar-refractivity contribution < 1.29 is 0 Å². The van der Waals surface area contributed by atoms with Gasteiger partial charge in [0, 0.05) is 36.3 Å². The van der Waals surface area contributed by atoms with Gasteiger partial charge in [-0.15, -0.1) is 22.9 Å². The molecule has 0 bridgehead atoms. The smallest absolute Gasteiger partial charge is 0.111 e. The Morgan fingerprint density at radius 1 is 1.19 bits per heavy atom. The average molecular weight is 320 g/mol. The lowest BCUT2D eigenvalue weighted by atomic mass is 10.2. The summed E-state index contributed by atoms with van der Waals surface area (Å²) < 4.78 is 2.29. The van der Waals surface area contributed by atoms with Gasteiger partial charge in [0.1, 0.15) is 5.82 Å². The molecule has 0 aliphatic heterocycles. The molecule has 5 heteroatoms. The zero-order valence-corrected chi connectivity index (χ0v) is 13.8. The van der Waals surface area contributed by atoms with Crippen molar-refractivity contribution in [2.24, 2.45) is 0 Å². The van der Waals surface area contributed by atoms with E-state index >= 15 is 0 Å². The molecule has 0 spiro atoms. The summed E-state index contributed by atoms with van der Waals surface area (Å²) in [5, 5.41) is 3.28. The third kappa shape index (κ3) is 3.11. The third-order valence-corrected chi connectivity index (χ3v) is 4.73. The first-order chi connectivity index (χ1) is 10.2. The van der Waals surface area contributed by atoms with Crippen molar-refractivity contribution in [1.29, 1.82) is 0 Å². The van der Waals surface area contributed by atoms with E-state index in [1.807, 2.05) is 6.92 Å². The van der Waals surface area contributed by atoms with Crippen molar-refractivity contribution in [3.05, 3.63) is 45.7 Å². The summed E-state index contributed by atoms with van der Waals surface area (Å²) >= 11 is 7.65. The zero-order chi connectivity index (χ0) is 14.8. The maximum Gasteiger partial charge on any atom is 0.111 e. The highest BCUT2D eigenvalue weighted by Gasteiger charge is 2.11. The van der Waals surface area contributed by atoms with Gasteiger partial charge in [-0.1, -0.05) is 6.07 Å². The highest BCUT2D eigenvalue weighted by Crippen LogP contribution is 2.20. The monoisotopic (exact) mass is 319 g/mol. The summed E-state index contributed by atoms with van der Waals surface area (Å²) in [6.07, 6.45) is 1.74. The van der Waals surface area contributed by atoms with Gasteiger partial charge in [-0.2, -0.15) is 0 Å². The van der Waals surface area contributed by atoms with E-state index in [9.17, 15) is 0 Å². The highest BCUT2D eigenvalue weighted by atomic mass is 35.5. The van der Waals surface area contributed by atoms with Crippen LogP contribution < -0.4 is 0 Å². The van der Waals surface area contributed by atoms with Crippen LogP contribution in [0.4, 0.5) is 0 Å². The standard InChI is InChI=1S/C16H18ClN3S/c1-11-3-4-13-14(9-11)20(15(19-13)5-7-17)8-6-16-18-12(2)10-21-16/h3-4,9-10H,5-8H2,1-2H3. The quantitative estimate of drug-likeness (QED) is 0.662. The topological polar surface area (TPSA) is 30.7 Å². The Balaban J connectivity index is 1.94. The van der Waals surface area contributed by atoms with Crippen LogP contribution in [0.15, 0.2) is 23.6 Å². The Hall–Kier alpha value is -1.39. The maximum absolute atomic E-state index is 5.92. The minimum Gasteiger partial charge on any atom is -0.328 e. The molecule has 0 radical (unpaired) electrons. The van der Waals surface area contributed by atoms with Gasteiger partial charge < -0.3 is 4.57 Å². The van der Waals surface area contributed by atoms with Crippen LogP contribution in [-0.2, 0) is 19.4 Å². The fraction of sp³-hybridized carbons (Fsp3) is 0.375. The maximum atomic E-state index is 5.92. The van der Waals surface area contributed by atoms with Gasteiger partial charge in [-0.3, -0.25) is 0 Å². The van der Waals surface area contributed by atoms with Crippen LogP contribution in [-0.4, -0.2) is 20.4 Å². The van der Waals surface area contributed by atoms with Crippen molar-refractivity contribution in [2.45, 2.75) is 33.2 Å². The van der Waals surface area contributed by atoms with Crippen molar-refractivity contribution in [2.75, 3.05) is 5.88 Å². The van der Waals surface area contributed by atoms with Crippen LogP contribution in [0.25, 0.3) is 11.0 Å². The lowest BCUT2D eigenvalue weighted by molar-refractivity contribution is 0.672. The second-order valence-corrected chi connectivity index (χ2v) is 6.56. The second kappa shape index (κ2) is 6.16. The Bertz CT molecular complexity index is 760. The molecule has 0 saturated heterocycles. The molecule has 1 aromatic carbocycles. The fourth-order valence-electron chi connectivity index (χ4n) is 2.53. The summed E-state index contributed by atoms with van der Waals surface area (Å²) in [4.78, 5) is 9.26. The predicted molar refractivity (Wildman–Crippen MR) is 89.4 cm³/mol. The first-order valence-electron chi connectivity index (χ1n) is 7.10. The first-order valence-corrected chi connectivity index (χ1v) is 8.51. The van der Waals surface area contributed by atoms with Crippen molar-refractivity contribution >= 4 is 34.0 Å². The normalized spacial score (nSPS) is 11.4. The molecule has 2 aromatic heterocycles. The molecule has 0 N–H and O–H groups in total. The number of halogens is 1. The van der Waals surface area contributed by atoms with Crippen LogP contribution >= 0.6 is 22.9 Å². The Morgan fingerprint density at radius 2 is 2.05 bits per heavy atom. The molecule has 0 aliphatic rings. The number of imidazole rings is 1. The molecular formula is C16H18ClN3S. The van der Waals surface area contributed by atoms with Gasteiger partial charge in [0.25, 0.3) is 0 Å². The lowest BCUT2D eigenvalue weighted by Crippen LogP contribution is -2.07. The number of benzene rings is 1. The number of nitrogens with zero attached hydrogens (tertiary/aromatic N) is 3. The van der Waals surface area contributed by atoms with E-state index in [0.29, 0.717) is 5.88 Å². The highest BCUT2D eigenvalue weighted by molar-refractivity contribution is 7.09. The Labute approximate surface area is 133 Å². The third-order valence-electron chi connectivity index (χ3n) is 3.52. The van der Waals surface area contributed by atoms with Gasteiger partial charge in [-0.05, 0) is 31.5 Å². The number of hydrogen-bond acceptors (Lipinski definition) is 3. The van der Waals surface area contributed by atoms with E-state index in [-0.39, 0.29) is 0 Å². The molecule has 0 unspecified atom stereocenters. The molecule has 2 heterocycles. The minimum absolute atomic E-state index is 0.596. The number of aromatic nitrogens is 3. The van der Waals surface area contributed by atoms with Gasteiger partial charge >= 0.3 is 0 Å². The molecule has 21 heavy (non-hydrogen) atoms. The van der Waals surface area contributed by atoms with Gasteiger partial charge in [0.15, 0.2) is 0 Å². The molecular weight excluding hydrogens is 302 g/mol. The number of alkyl halides is 1. The summed E-state index contributed by atoms with van der Waals surface area (Å²) in [7, 11) is 0.